The van der Waals surface area contributed by atoms with Crippen LogP contribution in [0.3, 0.4) is 0 Å². The Morgan fingerprint density at radius 2 is 1.04 bits per heavy atom. The van der Waals surface area contributed by atoms with Gasteiger partial charge in [0.05, 0.1) is 5.41 Å². The Kier molecular flexibility index (Phi) is 5.53. The molecule has 0 saturated carbocycles. The maximum atomic E-state index is 2.51. The summed E-state index contributed by atoms with van der Waals surface area (Å²) >= 11 is 1.91. The van der Waals surface area contributed by atoms with Crippen LogP contribution in [0.15, 0.2) is 180 Å². The second-order valence-electron chi connectivity index (χ2n) is 12.4. The third-order valence-corrected chi connectivity index (χ3v) is 11.3. The van der Waals surface area contributed by atoms with Crippen LogP contribution in [0.5, 0.6) is 0 Å². The van der Waals surface area contributed by atoms with Gasteiger partial charge < -0.3 is 0 Å². The van der Waals surface area contributed by atoms with E-state index < -0.39 is 5.41 Å². The molecular weight excluding hydrogens is 573 g/mol. The lowest BCUT2D eigenvalue weighted by molar-refractivity contribution is 0.775. The molecule has 1 heterocycles. The van der Waals surface area contributed by atoms with Crippen molar-refractivity contribution in [3.63, 3.8) is 0 Å². The van der Waals surface area contributed by atoms with Gasteiger partial charge in [0.1, 0.15) is 0 Å². The van der Waals surface area contributed by atoms with E-state index in [9.17, 15) is 0 Å². The van der Waals surface area contributed by atoms with E-state index in [1.54, 1.807) is 0 Å². The van der Waals surface area contributed by atoms with Crippen LogP contribution < -0.4 is 0 Å². The highest BCUT2D eigenvalue weighted by Gasteiger charge is 2.47. The number of hydrogen-bond donors (Lipinski definition) is 0. The van der Waals surface area contributed by atoms with Crippen LogP contribution in [0.2, 0.25) is 0 Å². The van der Waals surface area contributed by atoms with Crippen molar-refractivity contribution in [3.8, 4) is 33.4 Å². The molecule has 0 fully saturated rings. The van der Waals surface area contributed by atoms with Crippen LogP contribution in [0.1, 0.15) is 22.3 Å². The summed E-state index contributed by atoms with van der Waals surface area (Å²) in [4.78, 5) is 2.66. The molecule has 1 heteroatoms. The lowest BCUT2D eigenvalue weighted by Gasteiger charge is -2.35. The van der Waals surface area contributed by atoms with Gasteiger partial charge in [0.15, 0.2) is 0 Å². The van der Waals surface area contributed by atoms with E-state index in [0.717, 1.165) is 0 Å². The summed E-state index contributed by atoms with van der Waals surface area (Å²) in [6.07, 6.45) is 0. The fourth-order valence-corrected chi connectivity index (χ4v) is 9.51. The van der Waals surface area contributed by atoms with Crippen LogP contribution >= 0.6 is 11.8 Å². The molecule has 2 aliphatic rings. The average Bonchev–Trinajstić information content (AvgIpc) is 3.43. The van der Waals surface area contributed by atoms with Crippen molar-refractivity contribution < 1.29 is 0 Å². The molecule has 46 heavy (non-hydrogen) atoms. The highest BCUT2D eigenvalue weighted by Crippen LogP contribution is 2.59. The molecule has 0 aromatic heterocycles. The van der Waals surface area contributed by atoms with Crippen molar-refractivity contribution in [1.82, 2.24) is 0 Å². The van der Waals surface area contributed by atoms with Crippen LogP contribution in [-0.2, 0) is 5.41 Å². The maximum absolute atomic E-state index is 2.51. The van der Waals surface area contributed by atoms with Crippen LogP contribution in [-0.4, -0.2) is 0 Å². The largest absolute Gasteiger partial charge is 0.0881 e. The van der Waals surface area contributed by atoms with Crippen molar-refractivity contribution in [1.29, 1.82) is 0 Å². The topological polar surface area (TPSA) is 0 Å². The molecule has 10 rings (SSSR count). The van der Waals surface area contributed by atoms with Gasteiger partial charge in [-0.2, -0.15) is 0 Å². The average molecular weight is 601 g/mol. The molecule has 0 bridgehead atoms. The minimum Gasteiger partial charge on any atom is -0.0881 e. The second kappa shape index (κ2) is 9.81. The molecule has 8 aromatic carbocycles. The number of benzene rings is 8. The Hall–Kier alpha value is -5.37. The molecule has 214 valence electrons. The first kappa shape index (κ1) is 25.9. The maximum Gasteiger partial charge on any atom is 0.0719 e. The van der Waals surface area contributed by atoms with Crippen molar-refractivity contribution in [2.75, 3.05) is 0 Å². The number of rotatable bonds is 3. The molecule has 1 aliphatic heterocycles. The minimum absolute atomic E-state index is 0.469. The van der Waals surface area contributed by atoms with E-state index in [1.807, 2.05) is 11.8 Å². The van der Waals surface area contributed by atoms with Crippen molar-refractivity contribution >= 4 is 33.3 Å². The van der Waals surface area contributed by atoms with Gasteiger partial charge in [-0.25, -0.2) is 0 Å². The molecule has 0 nitrogen and oxygen atoms in total. The molecule has 0 atom stereocenters. The molecule has 8 aromatic rings. The van der Waals surface area contributed by atoms with Gasteiger partial charge in [0.25, 0.3) is 0 Å². The summed E-state index contributed by atoms with van der Waals surface area (Å²) in [5, 5.41) is 5.23. The van der Waals surface area contributed by atoms with E-state index in [1.165, 1.54) is 87.0 Å². The molecule has 1 aliphatic carbocycles. The van der Waals surface area contributed by atoms with E-state index in [-0.39, 0.29) is 0 Å². The van der Waals surface area contributed by atoms with E-state index in [0.29, 0.717) is 0 Å². The normalized spacial score (nSPS) is 13.7. The Labute approximate surface area is 273 Å². The van der Waals surface area contributed by atoms with E-state index in [2.05, 4.69) is 170 Å². The molecule has 0 radical (unpaired) electrons. The zero-order chi connectivity index (χ0) is 30.2. The zero-order valence-corrected chi connectivity index (χ0v) is 25.9. The molecule has 0 spiro atoms. The third-order valence-electron chi connectivity index (χ3n) is 10.1. The van der Waals surface area contributed by atoms with Gasteiger partial charge in [0.2, 0.25) is 0 Å². The molecular formula is C45H28S. The first-order valence-corrected chi connectivity index (χ1v) is 16.8. The summed E-state index contributed by atoms with van der Waals surface area (Å²) in [6, 6.07) is 63.3. The molecule has 0 N–H and O–H groups in total. The third kappa shape index (κ3) is 3.47. The molecule has 0 amide bonds. The molecule has 0 unspecified atom stereocenters. The standard InChI is InChI=1S/C45H28S/c1-3-14-32(15-4-1)45(33-16-5-2-6-17-33)40-28-31(24-26-36(40)39-27-22-29-12-7-8-18-34(29)43(39)45)35-25-23-30-13-11-20-38-37-19-9-10-21-41(37)46-44(35)42(30)38/h1-28H. The lowest BCUT2D eigenvalue weighted by atomic mass is 9.66. The Bertz CT molecular complexity index is 2450. The Morgan fingerprint density at radius 1 is 0.413 bits per heavy atom. The zero-order valence-electron chi connectivity index (χ0n) is 25.1. The Morgan fingerprint density at radius 3 is 1.87 bits per heavy atom. The van der Waals surface area contributed by atoms with Gasteiger partial charge in [-0.05, 0) is 83.9 Å². The summed E-state index contributed by atoms with van der Waals surface area (Å²) in [5.41, 5.74) is 12.7. The van der Waals surface area contributed by atoms with Crippen molar-refractivity contribution in [3.05, 3.63) is 192 Å². The summed E-state index contributed by atoms with van der Waals surface area (Å²) in [7, 11) is 0. The predicted molar refractivity (Wildman–Crippen MR) is 194 cm³/mol. The Balaban J connectivity index is 1.31. The predicted octanol–water partition coefficient (Wildman–Crippen LogP) is 12.2. The highest BCUT2D eigenvalue weighted by atomic mass is 32.2. The van der Waals surface area contributed by atoms with E-state index in [4.69, 9.17) is 0 Å². The summed E-state index contributed by atoms with van der Waals surface area (Å²) in [5.74, 6) is 0. The molecule has 0 saturated heterocycles. The van der Waals surface area contributed by atoms with Gasteiger partial charge in [-0.3, -0.25) is 0 Å². The quantitative estimate of drug-likeness (QED) is 0.194. The van der Waals surface area contributed by atoms with E-state index >= 15 is 0 Å². The van der Waals surface area contributed by atoms with Gasteiger partial charge in [-0.15, -0.1) is 0 Å². The lowest BCUT2D eigenvalue weighted by Crippen LogP contribution is -2.28. The number of fused-ring (bicyclic) bond motifs is 7. The monoisotopic (exact) mass is 600 g/mol. The van der Waals surface area contributed by atoms with Crippen molar-refractivity contribution in [2.45, 2.75) is 15.2 Å². The first-order valence-electron chi connectivity index (χ1n) is 15.9. The summed E-state index contributed by atoms with van der Waals surface area (Å²) < 4.78 is 0. The fourth-order valence-electron chi connectivity index (χ4n) is 8.23. The smallest absolute Gasteiger partial charge is 0.0719 e. The van der Waals surface area contributed by atoms with Crippen LogP contribution in [0.25, 0.3) is 54.9 Å². The minimum atomic E-state index is -0.469. The highest BCUT2D eigenvalue weighted by molar-refractivity contribution is 8.00. The van der Waals surface area contributed by atoms with Gasteiger partial charge >= 0.3 is 0 Å². The summed E-state index contributed by atoms with van der Waals surface area (Å²) in [6.45, 7) is 0. The SMILES string of the molecule is c1ccc(C2(c3ccccc3)c3cc(-c4ccc5cccc6c5c4Sc4ccccc4-6)ccc3-c3ccc4ccccc4c32)cc1. The van der Waals surface area contributed by atoms with Crippen molar-refractivity contribution in [2.24, 2.45) is 0 Å². The van der Waals surface area contributed by atoms with Crippen LogP contribution in [0, 0.1) is 0 Å². The van der Waals surface area contributed by atoms with Gasteiger partial charge in [-0.1, -0.05) is 169 Å². The number of hydrogen-bond acceptors (Lipinski definition) is 1. The first-order chi connectivity index (χ1) is 22.8. The van der Waals surface area contributed by atoms with Gasteiger partial charge in [0, 0.05) is 15.2 Å². The second-order valence-corrected chi connectivity index (χ2v) is 13.4. The fraction of sp³-hybridized carbons (Fsp3) is 0.0222. The van der Waals surface area contributed by atoms with Crippen LogP contribution in [0.4, 0.5) is 0 Å².